The van der Waals surface area contributed by atoms with E-state index in [2.05, 4.69) is 24.3 Å². The lowest BCUT2D eigenvalue weighted by Gasteiger charge is -2.16. The highest BCUT2D eigenvalue weighted by Gasteiger charge is 2.10. The molecule has 1 aromatic rings. The minimum atomic E-state index is 0.205. The molecular weight excluding hydrogens is 134 g/mol. The van der Waals surface area contributed by atoms with Gasteiger partial charge >= 0.3 is 0 Å². The van der Waals surface area contributed by atoms with Crippen LogP contribution in [0.2, 0.25) is 0 Å². The Bertz CT molecular complexity index is 289. The molecule has 1 aromatic carbocycles. The van der Waals surface area contributed by atoms with Crippen LogP contribution in [0, 0.1) is 0 Å². The number of nitrogens with two attached hydrogens (primary N) is 1. The number of hydrogen-bond acceptors (Lipinski definition) is 1. The van der Waals surface area contributed by atoms with E-state index in [1.54, 1.807) is 0 Å². The largest absolute Gasteiger partial charge is 0.324 e. The maximum Gasteiger partial charge on any atom is 0.0335 e. The Morgan fingerprint density at radius 2 is 2.09 bits per heavy atom. The minimum absolute atomic E-state index is 0.205. The summed E-state index contributed by atoms with van der Waals surface area (Å²) in [5.41, 5.74) is 8.44. The van der Waals surface area contributed by atoms with Gasteiger partial charge in [0.25, 0.3) is 0 Å². The van der Waals surface area contributed by atoms with Gasteiger partial charge in [0, 0.05) is 6.04 Å². The van der Waals surface area contributed by atoms with Crippen molar-refractivity contribution in [1.82, 2.24) is 0 Å². The zero-order valence-corrected chi connectivity index (χ0v) is 6.33. The third-order valence-electron chi connectivity index (χ3n) is 2.08. The Hall–Kier alpha value is -1.08. The molecule has 0 saturated carbocycles. The average molecular weight is 145 g/mol. The van der Waals surface area contributed by atoms with Crippen molar-refractivity contribution >= 4 is 6.08 Å². The van der Waals surface area contributed by atoms with Crippen molar-refractivity contribution in [3.63, 3.8) is 0 Å². The first-order valence-corrected chi connectivity index (χ1v) is 3.89. The molecule has 0 aromatic heterocycles. The molecule has 2 N–H and O–H groups in total. The van der Waals surface area contributed by atoms with Crippen molar-refractivity contribution in [1.29, 1.82) is 0 Å². The van der Waals surface area contributed by atoms with Gasteiger partial charge in [-0.2, -0.15) is 0 Å². The van der Waals surface area contributed by atoms with Crippen LogP contribution in [-0.4, -0.2) is 0 Å². The van der Waals surface area contributed by atoms with Crippen molar-refractivity contribution < 1.29 is 0 Å². The maximum atomic E-state index is 5.90. The molecule has 1 aliphatic rings. The van der Waals surface area contributed by atoms with Crippen LogP contribution in [0.15, 0.2) is 30.3 Å². The van der Waals surface area contributed by atoms with Gasteiger partial charge in [-0.15, -0.1) is 0 Å². The fourth-order valence-corrected chi connectivity index (χ4v) is 1.47. The number of hydrogen-bond donors (Lipinski definition) is 1. The Morgan fingerprint density at radius 1 is 1.27 bits per heavy atom. The molecule has 1 atom stereocenters. The first-order valence-electron chi connectivity index (χ1n) is 3.89. The zero-order chi connectivity index (χ0) is 7.68. The minimum Gasteiger partial charge on any atom is -0.324 e. The van der Waals surface area contributed by atoms with Crippen molar-refractivity contribution in [2.75, 3.05) is 0 Å². The van der Waals surface area contributed by atoms with Crippen LogP contribution in [0.25, 0.3) is 6.08 Å². The molecule has 11 heavy (non-hydrogen) atoms. The Morgan fingerprint density at radius 3 is 2.91 bits per heavy atom. The summed E-state index contributed by atoms with van der Waals surface area (Å²) < 4.78 is 0. The lowest BCUT2D eigenvalue weighted by atomic mass is 9.94. The molecule has 56 valence electrons. The number of fused-ring (bicyclic) bond motifs is 1. The van der Waals surface area contributed by atoms with Gasteiger partial charge in [0.15, 0.2) is 0 Å². The summed E-state index contributed by atoms with van der Waals surface area (Å²) in [5, 5.41) is 0. The van der Waals surface area contributed by atoms with E-state index >= 15 is 0 Å². The average Bonchev–Trinajstić information content (AvgIpc) is 2.06. The molecule has 2 rings (SSSR count). The molecule has 0 fully saturated rings. The van der Waals surface area contributed by atoms with Crippen LogP contribution in [0.3, 0.4) is 0 Å². The van der Waals surface area contributed by atoms with Gasteiger partial charge in [-0.1, -0.05) is 36.4 Å². The quantitative estimate of drug-likeness (QED) is 0.594. The van der Waals surface area contributed by atoms with Crippen molar-refractivity contribution in [2.24, 2.45) is 5.73 Å². The highest BCUT2D eigenvalue weighted by Crippen LogP contribution is 2.24. The van der Waals surface area contributed by atoms with Gasteiger partial charge in [-0.05, 0) is 17.5 Å². The number of rotatable bonds is 0. The van der Waals surface area contributed by atoms with E-state index in [0.29, 0.717) is 0 Å². The highest BCUT2D eigenvalue weighted by molar-refractivity contribution is 5.57. The Kier molecular flexibility index (Phi) is 1.51. The zero-order valence-electron chi connectivity index (χ0n) is 6.33. The molecular formula is C10H11N. The second-order valence-corrected chi connectivity index (χ2v) is 2.87. The Labute approximate surface area is 66.5 Å². The van der Waals surface area contributed by atoms with Gasteiger partial charge in [0.1, 0.15) is 0 Å². The first kappa shape index (κ1) is 6.62. The highest BCUT2D eigenvalue weighted by atomic mass is 14.6. The van der Waals surface area contributed by atoms with Crippen LogP contribution in [0.1, 0.15) is 23.6 Å². The molecule has 0 heterocycles. The molecule has 0 aliphatic heterocycles. The smallest absolute Gasteiger partial charge is 0.0335 e. The number of benzene rings is 1. The predicted molar refractivity (Wildman–Crippen MR) is 47.0 cm³/mol. The molecule has 0 unspecified atom stereocenters. The van der Waals surface area contributed by atoms with Crippen LogP contribution >= 0.6 is 0 Å². The molecule has 0 saturated heterocycles. The van der Waals surface area contributed by atoms with Gasteiger partial charge in [0.2, 0.25) is 0 Å². The molecule has 0 spiro atoms. The SMILES string of the molecule is N[C@H]1CC=Cc2ccccc21. The summed E-state index contributed by atoms with van der Waals surface area (Å²) in [4.78, 5) is 0. The van der Waals surface area contributed by atoms with E-state index in [-0.39, 0.29) is 6.04 Å². The van der Waals surface area contributed by atoms with Crippen LogP contribution in [-0.2, 0) is 0 Å². The second kappa shape index (κ2) is 2.51. The van der Waals surface area contributed by atoms with Crippen molar-refractivity contribution in [3.05, 3.63) is 41.5 Å². The Balaban J connectivity index is 2.54. The van der Waals surface area contributed by atoms with E-state index in [1.165, 1.54) is 11.1 Å². The summed E-state index contributed by atoms with van der Waals surface area (Å²) in [6, 6.07) is 8.49. The maximum absolute atomic E-state index is 5.90. The van der Waals surface area contributed by atoms with Crippen molar-refractivity contribution in [3.8, 4) is 0 Å². The standard InChI is InChI=1S/C10H11N/c11-10-7-3-5-8-4-1-2-6-9(8)10/h1-6,10H,7,11H2/t10-/m0/s1. The fourth-order valence-electron chi connectivity index (χ4n) is 1.47. The molecule has 0 radical (unpaired) electrons. The lowest BCUT2D eigenvalue weighted by Crippen LogP contribution is -2.12. The predicted octanol–water partition coefficient (Wildman–Crippen LogP) is 2.10. The lowest BCUT2D eigenvalue weighted by molar-refractivity contribution is 0.733. The van der Waals surface area contributed by atoms with E-state index in [4.69, 9.17) is 5.73 Å². The van der Waals surface area contributed by atoms with E-state index in [0.717, 1.165) is 6.42 Å². The normalized spacial score (nSPS) is 21.4. The topological polar surface area (TPSA) is 26.0 Å². The molecule has 0 bridgehead atoms. The molecule has 1 aliphatic carbocycles. The third kappa shape index (κ3) is 1.08. The van der Waals surface area contributed by atoms with Gasteiger partial charge < -0.3 is 5.73 Å². The van der Waals surface area contributed by atoms with E-state index in [1.807, 2.05) is 12.1 Å². The van der Waals surface area contributed by atoms with Crippen LogP contribution in [0.4, 0.5) is 0 Å². The van der Waals surface area contributed by atoms with Crippen LogP contribution < -0.4 is 5.73 Å². The molecule has 1 heteroatoms. The molecule has 1 nitrogen and oxygen atoms in total. The summed E-state index contributed by atoms with van der Waals surface area (Å²) in [5.74, 6) is 0. The van der Waals surface area contributed by atoms with E-state index in [9.17, 15) is 0 Å². The molecule has 0 amide bonds. The second-order valence-electron chi connectivity index (χ2n) is 2.87. The van der Waals surface area contributed by atoms with Gasteiger partial charge in [-0.3, -0.25) is 0 Å². The fraction of sp³-hybridized carbons (Fsp3) is 0.200. The first-order chi connectivity index (χ1) is 5.38. The third-order valence-corrected chi connectivity index (χ3v) is 2.08. The van der Waals surface area contributed by atoms with E-state index < -0.39 is 0 Å². The summed E-state index contributed by atoms with van der Waals surface area (Å²) in [7, 11) is 0. The summed E-state index contributed by atoms with van der Waals surface area (Å²) in [6.07, 6.45) is 5.24. The van der Waals surface area contributed by atoms with Gasteiger partial charge in [0.05, 0.1) is 0 Å². The summed E-state index contributed by atoms with van der Waals surface area (Å²) in [6.45, 7) is 0. The summed E-state index contributed by atoms with van der Waals surface area (Å²) >= 11 is 0. The van der Waals surface area contributed by atoms with Crippen molar-refractivity contribution in [2.45, 2.75) is 12.5 Å². The van der Waals surface area contributed by atoms with Gasteiger partial charge in [-0.25, -0.2) is 0 Å². The monoisotopic (exact) mass is 145 g/mol. The van der Waals surface area contributed by atoms with Crippen LogP contribution in [0.5, 0.6) is 0 Å².